The van der Waals surface area contributed by atoms with Crippen molar-refractivity contribution in [1.82, 2.24) is 9.88 Å². The Morgan fingerprint density at radius 1 is 1.43 bits per heavy atom. The lowest BCUT2D eigenvalue weighted by molar-refractivity contribution is -0.136. The highest BCUT2D eigenvalue weighted by atomic mass is 32.2. The fraction of sp³-hybridized carbons (Fsp3) is 0.526. The molecular formula is C19H24N2OS. The van der Waals surface area contributed by atoms with Crippen molar-refractivity contribution in [1.29, 1.82) is 0 Å². The average Bonchev–Trinajstić information content (AvgIpc) is 2.99. The highest BCUT2D eigenvalue weighted by Gasteiger charge is 2.41. The van der Waals surface area contributed by atoms with Gasteiger partial charge >= 0.3 is 0 Å². The van der Waals surface area contributed by atoms with Gasteiger partial charge in [0, 0.05) is 42.0 Å². The van der Waals surface area contributed by atoms with Crippen LogP contribution in [0.4, 0.5) is 0 Å². The predicted octanol–water partition coefficient (Wildman–Crippen LogP) is 3.80. The second-order valence-corrected chi connectivity index (χ2v) is 7.83. The second-order valence-electron chi connectivity index (χ2n) is 6.92. The minimum atomic E-state index is 0.317. The number of fused-ring (bicyclic) bond motifs is 2. The molecule has 1 unspecified atom stereocenters. The zero-order chi connectivity index (χ0) is 16.0. The van der Waals surface area contributed by atoms with Crippen LogP contribution in [0.3, 0.4) is 0 Å². The van der Waals surface area contributed by atoms with Crippen molar-refractivity contribution in [2.45, 2.75) is 38.1 Å². The summed E-state index contributed by atoms with van der Waals surface area (Å²) in [6.45, 7) is 2.92. The second kappa shape index (κ2) is 5.90. The Morgan fingerprint density at radius 3 is 3.09 bits per heavy atom. The summed E-state index contributed by atoms with van der Waals surface area (Å²) in [5, 5.41) is 1.42. The molecule has 4 heteroatoms. The van der Waals surface area contributed by atoms with Gasteiger partial charge in [-0.2, -0.15) is 11.8 Å². The minimum Gasteiger partial charge on any atom is -0.361 e. The predicted molar refractivity (Wildman–Crippen MR) is 97.0 cm³/mol. The molecule has 1 aliphatic heterocycles. The summed E-state index contributed by atoms with van der Waals surface area (Å²) in [6, 6.07) is 6.95. The van der Waals surface area contributed by atoms with Gasteiger partial charge in [-0.3, -0.25) is 4.79 Å². The van der Waals surface area contributed by atoms with E-state index in [0.717, 1.165) is 18.7 Å². The van der Waals surface area contributed by atoms with Crippen LogP contribution < -0.4 is 0 Å². The highest BCUT2D eigenvalue weighted by molar-refractivity contribution is 7.98. The van der Waals surface area contributed by atoms with Gasteiger partial charge in [0.2, 0.25) is 5.91 Å². The first-order valence-electron chi connectivity index (χ1n) is 8.60. The van der Waals surface area contributed by atoms with E-state index in [4.69, 9.17) is 0 Å². The molecule has 23 heavy (non-hydrogen) atoms. The molecule has 0 bridgehead atoms. The normalized spacial score (nSPS) is 26.3. The van der Waals surface area contributed by atoms with Gasteiger partial charge in [0.25, 0.3) is 0 Å². The smallest absolute Gasteiger partial charge is 0.222 e. The molecule has 2 aromatic rings. The van der Waals surface area contributed by atoms with Crippen LogP contribution in [0.2, 0.25) is 0 Å². The molecule has 0 saturated carbocycles. The monoisotopic (exact) mass is 328 g/mol. The van der Waals surface area contributed by atoms with Crippen LogP contribution in [0.15, 0.2) is 24.4 Å². The number of carbonyl (C=O) groups excluding carboxylic acids is 1. The van der Waals surface area contributed by atoms with Gasteiger partial charge in [0.15, 0.2) is 0 Å². The Hall–Kier alpha value is -1.42. The number of thioether (sulfide) groups is 1. The van der Waals surface area contributed by atoms with Crippen molar-refractivity contribution >= 4 is 28.6 Å². The van der Waals surface area contributed by atoms with Crippen molar-refractivity contribution < 1.29 is 4.79 Å². The van der Waals surface area contributed by atoms with E-state index in [9.17, 15) is 4.79 Å². The summed E-state index contributed by atoms with van der Waals surface area (Å²) in [7, 11) is 0. The number of aromatic nitrogens is 1. The number of piperidine rings is 1. The molecule has 1 saturated heterocycles. The minimum absolute atomic E-state index is 0.317. The van der Waals surface area contributed by atoms with Gasteiger partial charge in [-0.25, -0.2) is 0 Å². The zero-order valence-electron chi connectivity index (χ0n) is 13.8. The Morgan fingerprint density at radius 2 is 2.30 bits per heavy atom. The van der Waals surface area contributed by atoms with Gasteiger partial charge in [-0.1, -0.05) is 19.1 Å². The first-order valence-corrected chi connectivity index (χ1v) is 9.99. The standard InChI is InChI=1S/C19H24N2OS/c1-3-18(22)21-10-12(11-23-2)7-15-14-5-4-6-16-19(14)13(9-20-16)8-17(15)21/h4-6,9,12,15,17,20H,3,7-8,10-11H2,1-2H3/t12?,15-,17-/m0/s1. The third-order valence-corrected chi connectivity index (χ3v) is 6.39. The molecule has 1 amide bonds. The SMILES string of the molecule is CCC(=O)N1CC(CSC)C[C@H]2c3cccc4[nH]cc(c34)C[C@@H]21. The maximum absolute atomic E-state index is 12.6. The van der Waals surface area contributed by atoms with Gasteiger partial charge in [-0.05, 0) is 48.0 Å². The molecule has 1 aromatic heterocycles. The molecule has 3 atom stereocenters. The van der Waals surface area contributed by atoms with E-state index in [2.05, 4.69) is 40.5 Å². The number of hydrogen-bond acceptors (Lipinski definition) is 2. The maximum atomic E-state index is 12.6. The Kier molecular flexibility index (Phi) is 3.88. The molecule has 2 heterocycles. The lowest BCUT2D eigenvalue weighted by Gasteiger charge is -2.47. The van der Waals surface area contributed by atoms with E-state index in [-0.39, 0.29) is 0 Å². The Balaban J connectivity index is 1.78. The first-order chi connectivity index (χ1) is 11.2. The summed E-state index contributed by atoms with van der Waals surface area (Å²) in [6.07, 6.45) is 7.14. The van der Waals surface area contributed by atoms with Crippen molar-refractivity contribution in [3.8, 4) is 0 Å². The van der Waals surface area contributed by atoms with Gasteiger partial charge in [0.1, 0.15) is 0 Å². The number of likely N-dealkylation sites (tertiary alicyclic amines) is 1. The lowest BCUT2D eigenvalue weighted by atomic mass is 9.72. The average molecular weight is 328 g/mol. The summed E-state index contributed by atoms with van der Waals surface area (Å²) < 4.78 is 0. The number of benzene rings is 1. The van der Waals surface area contributed by atoms with Crippen LogP contribution in [0.1, 0.15) is 36.8 Å². The van der Waals surface area contributed by atoms with Crippen molar-refractivity contribution in [2.24, 2.45) is 5.92 Å². The maximum Gasteiger partial charge on any atom is 0.222 e. The lowest BCUT2D eigenvalue weighted by Crippen LogP contribution is -2.52. The molecule has 1 aliphatic carbocycles. The number of hydrogen-bond donors (Lipinski definition) is 1. The van der Waals surface area contributed by atoms with Crippen LogP contribution >= 0.6 is 11.8 Å². The molecule has 1 fully saturated rings. The molecule has 0 spiro atoms. The topological polar surface area (TPSA) is 36.1 Å². The van der Waals surface area contributed by atoms with Crippen LogP contribution in [0.25, 0.3) is 10.9 Å². The van der Waals surface area contributed by atoms with Crippen LogP contribution in [-0.2, 0) is 11.2 Å². The van der Waals surface area contributed by atoms with E-state index < -0.39 is 0 Å². The molecule has 122 valence electrons. The van der Waals surface area contributed by atoms with E-state index in [1.807, 2.05) is 18.7 Å². The molecule has 2 aliphatic rings. The fourth-order valence-corrected chi connectivity index (χ4v) is 5.35. The first kappa shape index (κ1) is 15.1. The molecule has 0 radical (unpaired) electrons. The zero-order valence-corrected chi connectivity index (χ0v) is 14.7. The van der Waals surface area contributed by atoms with E-state index in [1.54, 1.807) is 0 Å². The number of carbonyl (C=O) groups is 1. The van der Waals surface area contributed by atoms with Crippen LogP contribution in [0, 0.1) is 5.92 Å². The van der Waals surface area contributed by atoms with E-state index in [0.29, 0.717) is 30.2 Å². The van der Waals surface area contributed by atoms with E-state index in [1.165, 1.54) is 28.5 Å². The number of nitrogens with one attached hydrogen (secondary N) is 1. The Labute approximate surface area is 141 Å². The van der Waals surface area contributed by atoms with Gasteiger partial charge in [-0.15, -0.1) is 0 Å². The highest BCUT2D eigenvalue weighted by Crippen LogP contribution is 2.45. The number of amides is 1. The molecule has 1 N–H and O–H groups in total. The summed E-state index contributed by atoms with van der Waals surface area (Å²) >= 11 is 1.90. The van der Waals surface area contributed by atoms with Crippen molar-refractivity contribution in [2.75, 3.05) is 18.6 Å². The van der Waals surface area contributed by atoms with Crippen molar-refractivity contribution in [3.05, 3.63) is 35.5 Å². The molecule has 4 rings (SSSR count). The van der Waals surface area contributed by atoms with Crippen molar-refractivity contribution in [3.63, 3.8) is 0 Å². The summed E-state index contributed by atoms with van der Waals surface area (Å²) in [5.41, 5.74) is 4.08. The van der Waals surface area contributed by atoms with Gasteiger partial charge < -0.3 is 9.88 Å². The number of nitrogens with zero attached hydrogens (tertiary/aromatic N) is 1. The largest absolute Gasteiger partial charge is 0.361 e. The summed E-state index contributed by atoms with van der Waals surface area (Å²) in [4.78, 5) is 18.2. The molecule has 1 aromatic carbocycles. The third-order valence-electron chi connectivity index (χ3n) is 5.58. The van der Waals surface area contributed by atoms with Crippen LogP contribution in [0.5, 0.6) is 0 Å². The van der Waals surface area contributed by atoms with Gasteiger partial charge in [0.05, 0.1) is 0 Å². The quantitative estimate of drug-likeness (QED) is 0.930. The van der Waals surface area contributed by atoms with Crippen LogP contribution in [-0.4, -0.2) is 40.4 Å². The third kappa shape index (κ3) is 2.38. The van der Waals surface area contributed by atoms with E-state index >= 15 is 0 Å². The molecular weight excluding hydrogens is 304 g/mol. The fourth-order valence-electron chi connectivity index (χ4n) is 4.64. The number of rotatable bonds is 3. The Bertz CT molecular complexity index is 738. The summed E-state index contributed by atoms with van der Waals surface area (Å²) in [5.74, 6) is 2.56. The number of H-pyrrole nitrogens is 1. The number of aromatic amines is 1. The molecule has 3 nitrogen and oxygen atoms in total.